The van der Waals surface area contributed by atoms with E-state index >= 15 is 0 Å². The van der Waals surface area contributed by atoms with Gasteiger partial charge in [0.05, 0.1) is 6.26 Å². The second kappa shape index (κ2) is 6.54. The Kier molecular flexibility index (Phi) is 3.87. The fraction of sp³-hybridized carbons (Fsp3) is 0.0800. The average molecular weight is 366 g/mol. The van der Waals surface area contributed by atoms with Gasteiger partial charge in [-0.1, -0.05) is 61.5 Å². The van der Waals surface area contributed by atoms with Crippen molar-refractivity contribution in [3.8, 4) is 22.3 Å². The molecule has 136 valence electrons. The minimum absolute atomic E-state index is 0.327. The number of fused-ring (bicyclic) bond motifs is 2. The molecule has 0 spiro atoms. The van der Waals surface area contributed by atoms with E-state index in [1.807, 2.05) is 31.2 Å². The molecule has 0 saturated heterocycles. The normalized spacial score (nSPS) is 11.3. The standard InChI is InChI=1S/C25H18O3/c1-2-16-12-25(26)28-24-14-23-21(13-20(16)24)22(15-27-23)19-10-8-18(9-11-19)17-6-4-3-5-7-17/h3-15H,2H2,1H3. The van der Waals surface area contributed by atoms with Crippen molar-refractivity contribution in [3.63, 3.8) is 0 Å². The predicted molar refractivity (Wildman–Crippen MR) is 113 cm³/mol. The third kappa shape index (κ3) is 2.72. The lowest BCUT2D eigenvalue weighted by atomic mass is 9.98. The molecular weight excluding hydrogens is 348 g/mol. The zero-order valence-electron chi connectivity index (χ0n) is 15.4. The van der Waals surface area contributed by atoms with E-state index in [2.05, 4.69) is 42.5 Å². The first-order chi connectivity index (χ1) is 13.7. The summed E-state index contributed by atoms with van der Waals surface area (Å²) in [6.45, 7) is 2.04. The highest BCUT2D eigenvalue weighted by Crippen LogP contribution is 2.35. The first-order valence-electron chi connectivity index (χ1n) is 9.37. The molecule has 3 aromatic carbocycles. The van der Waals surface area contributed by atoms with Crippen LogP contribution in [-0.2, 0) is 6.42 Å². The van der Waals surface area contributed by atoms with Gasteiger partial charge >= 0.3 is 5.63 Å². The van der Waals surface area contributed by atoms with E-state index in [9.17, 15) is 4.79 Å². The molecule has 0 aliphatic carbocycles. The summed E-state index contributed by atoms with van der Waals surface area (Å²) in [6, 6.07) is 24.2. The van der Waals surface area contributed by atoms with Gasteiger partial charge in [-0.25, -0.2) is 4.79 Å². The Hall–Kier alpha value is -3.59. The van der Waals surface area contributed by atoms with Crippen LogP contribution >= 0.6 is 0 Å². The highest BCUT2D eigenvalue weighted by atomic mass is 16.4. The van der Waals surface area contributed by atoms with Crippen LogP contribution in [0.4, 0.5) is 0 Å². The lowest BCUT2D eigenvalue weighted by Crippen LogP contribution is -1.99. The van der Waals surface area contributed by atoms with E-state index < -0.39 is 0 Å². The van der Waals surface area contributed by atoms with Gasteiger partial charge in [0, 0.05) is 28.5 Å². The molecule has 3 nitrogen and oxygen atoms in total. The number of hydrogen-bond donors (Lipinski definition) is 0. The number of aryl methyl sites for hydroxylation is 1. The number of rotatable bonds is 3. The van der Waals surface area contributed by atoms with Gasteiger partial charge in [-0.2, -0.15) is 0 Å². The molecule has 2 heterocycles. The number of hydrogen-bond acceptors (Lipinski definition) is 3. The molecule has 0 fully saturated rings. The van der Waals surface area contributed by atoms with E-state index in [0.717, 1.165) is 33.9 Å². The summed E-state index contributed by atoms with van der Waals surface area (Å²) < 4.78 is 11.2. The molecule has 28 heavy (non-hydrogen) atoms. The van der Waals surface area contributed by atoms with E-state index in [4.69, 9.17) is 8.83 Å². The molecular formula is C25H18O3. The van der Waals surface area contributed by atoms with Crippen molar-refractivity contribution in [3.05, 3.63) is 95.0 Å². The fourth-order valence-corrected chi connectivity index (χ4v) is 3.74. The maximum atomic E-state index is 11.8. The first kappa shape index (κ1) is 16.6. The van der Waals surface area contributed by atoms with Crippen molar-refractivity contribution in [2.24, 2.45) is 0 Å². The topological polar surface area (TPSA) is 43.4 Å². The van der Waals surface area contributed by atoms with Crippen molar-refractivity contribution >= 4 is 21.9 Å². The van der Waals surface area contributed by atoms with Crippen LogP contribution in [0.2, 0.25) is 0 Å². The SMILES string of the molecule is CCc1cc(=O)oc2cc3occ(-c4ccc(-c5ccccc5)cc4)c3cc12. The summed E-state index contributed by atoms with van der Waals surface area (Å²) in [5.41, 5.74) is 6.44. The van der Waals surface area contributed by atoms with Crippen molar-refractivity contribution in [2.75, 3.05) is 0 Å². The lowest BCUT2D eigenvalue weighted by molar-refractivity contribution is 0.557. The van der Waals surface area contributed by atoms with Crippen molar-refractivity contribution in [1.29, 1.82) is 0 Å². The molecule has 0 aliphatic heterocycles. The molecule has 5 aromatic rings. The molecule has 0 N–H and O–H groups in total. The minimum Gasteiger partial charge on any atom is -0.464 e. The Bertz CT molecular complexity index is 1340. The van der Waals surface area contributed by atoms with Crippen LogP contribution in [0.1, 0.15) is 12.5 Å². The van der Waals surface area contributed by atoms with Crippen molar-refractivity contribution in [2.45, 2.75) is 13.3 Å². The number of furan rings is 1. The van der Waals surface area contributed by atoms with E-state index in [1.165, 1.54) is 11.1 Å². The molecule has 0 bridgehead atoms. The van der Waals surface area contributed by atoms with Gasteiger partial charge in [0.2, 0.25) is 0 Å². The van der Waals surface area contributed by atoms with Gasteiger partial charge in [-0.3, -0.25) is 0 Å². The Labute approximate surface area is 161 Å². The zero-order valence-corrected chi connectivity index (χ0v) is 15.4. The minimum atomic E-state index is -0.327. The highest BCUT2D eigenvalue weighted by molar-refractivity contribution is 6.02. The summed E-state index contributed by atoms with van der Waals surface area (Å²) in [5, 5.41) is 1.97. The predicted octanol–water partition coefficient (Wildman–Crippen LogP) is 6.44. The van der Waals surface area contributed by atoms with Gasteiger partial charge in [0.25, 0.3) is 0 Å². The molecule has 0 radical (unpaired) electrons. The summed E-state index contributed by atoms with van der Waals surface area (Å²) >= 11 is 0. The van der Waals surface area contributed by atoms with E-state index in [-0.39, 0.29) is 5.63 Å². The van der Waals surface area contributed by atoms with Crippen LogP contribution in [0.3, 0.4) is 0 Å². The molecule has 0 atom stereocenters. The Morgan fingerprint density at radius 1 is 0.750 bits per heavy atom. The summed E-state index contributed by atoms with van der Waals surface area (Å²) in [6.07, 6.45) is 2.54. The molecule has 0 aliphatic rings. The van der Waals surface area contributed by atoms with E-state index in [0.29, 0.717) is 11.2 Å². The van der Waals surface area contributed by atoms with Crippen LogP contribution < -0.4 is 5.63 Å². The second-order valence-electron chi connectivity index (χ2n) is 6.88. The summed E-state index contributed by atoms with van der Waals surface area (Å²) in [4.78, 5) is 11.8. The monoisotopic (exact) mass is 366 g/mol. The van der Waals surface area contributed by atoms with Crippen LogP contribution in [0, 0.1) is 0 Å². The quantitative estimate of drug-likeness (QED) is 0.345. The van der Waals surface area contributed by atoms with Crippen LogP contribution in [-0.4, -0.2) is 0 Å². The first-order valence-corrected chi connectivity index (χ1v) is 9.37. The Morgan fingerprint density at radius 2 is 1.46 bits per heavy atom. The third-order valence-corrected chi connectivity index (χ3v) is 5.21. The summed E-state index contributed by atoms with van der Waals surface area (Å²) in [7, 11) is 0. The van der Waals surface area contributed by atoms with Crippen LogP contribution in [0.5, 0.6) is 0 Å². The third-order valence-electron chi connectivity index (χ3n) is 5.21. The number of benzene rings is 3. The van der Waals surface area contributed by atoms with E-state index in [1.54, 1.807) is 12.3 Å². The van der Waals surface area contributed by atoms with Crippen molar-refractivity contribution in [1.82, 2.24) is 0 Å². The van der Waals surface area contributed by atoms with Crippen LogP contribution in [0.25, 0.3) is 44.2 Å². The molecule has 5 rings (SSSR count). The smallest absolute Gasteiger partial charge is 0.336 e. The van der Waals surface area contributed by atoms with Gasteiger partial charge in [0.1, 0.15) is 11.2 Å². The molecule has 0 saturated carbocycles. The van der Waals surface area contributed by atoms with Gasteiger partial charge in [-0.15, -0.1) is 0 Å². The van der Waals surface area contributed by atoms with Gasteiger partial charge in [0.15, 0.2) is 0 Å². The molecule has 0 unspecified atom stereocenters. The summed E-state index contributed by atoms with van der Waals surface area (Å²) in [5.74, 6) is 0. The second-order valence-corrected chi connectivity index (χ2v) is 6.88. The largest absolute Gasteiger partial charge is 0.464 e. The fourth-order valence-electron chi connectivity index (χ4n) is 3.74. The van der Waals surface area contributed by atoms with Crippen LogP contribution in [0.15, 0.2) is 92.7 Å². The molecule has 3 heteroatoms. The molecule has 0 amide bonds. The highest BCUT2D eigenvalue weighted by Gasteiger charge is 2.13. The Balaban J connectivity index is 1.65. The van der Waals surface area contributed by atoms with Crippen molar-refractivity contribution < 1.29 is 8.83 Å². The maximum Gasteiger partial charge on any atom is 0.336 e. The van der Waals surface area contributed by atoms with Gasteiger partial charge < -0.3 is 8.83 Å². The maximum absolute atomic E-state index is 11.8. The Morgan fingerprint density at radius 3 is 2.21 bits per heavy atom. The lowest BCUT2D eigenvalue weighted by Gasteiger charge is -2.05. The zero-order chi connectivity index (χ0) is 19.1. The van der Waals surface area contributed by atoms with Gasteiger partial charge in [-0.05, 0) is 34.7 Å². The average Bonchev–Trinajstić information content (AvgIpc) is 3.15. The molecule has 2 aromatic heterocycles.